The first-order valence-electron chi connectivity index (χ1n) is 12.5. The highest BCUT2D eigenvalue weighted by molar-refractivity contribution is 5.77. The number of ether oxygens (including phenoxy) is 1. The summed E-state index contributed by atoms with van der Waals surface area (Å²) in [4.78, 5) is 19.2. The van der Waals surface area contributed by atoms with Crippen molar-refractivity contribution in [2.24, 2.45) is 5.92 Å². The maximum atomic E-state index is 12.8. The number of nitrogens with one attached hydrogen (secondary N) is 1. The Morgan fingerprint density at radius 3 is 2.94 bits per heavy atom. The molecule has 0 saturated heterocycles. The average Bonchev–Trinajstić information content (AvgIpc) is 3.65. The van der Waals surface area contributed by atoms with Crippen molar-refractivity contribution >= 4 is 5.91 Å². The van der Waals surface area contributed by atoms with Crippen LogP contribution < -0.4 is 4.74 Å². The highest BCUT2D eigenvalue weighted by Gasteiger charge is 2.31. The molecule has 2 unspecified atom stereocenters. The Balaban J connectivity index is 1.47. The number of allylic oxidation sites excluding steroid dienone is 1. The number of H-pyrrole nitrogens is 1. The fourth-order valence-corrected chi connectivity index (χ4v) is 5.01. The van der Waals surface area contributed by atoms with E-state index in [0.717, 1.165) is 67.7 Å². The number of carbonyl (C=O) groups is 1. The van der Waals surface area contributed by atoms with Gasteiger partial charge in [-0.1, -0.05) is 31.9 Å². The van der Waals surface area contributed by atoms with Gasteiger partial charge in [-0.25, -0.2) is 4.98 Å². The third-order valence-electron chi connectivity index (χ3n) is 6.99. The van der Waals surface area contributed by atoms with Crippen molar-refractivity contribution in [3.63, 3.8) is 0 Å². The minimum atomic E-state index is -0.299. The minimum Gasteiger partial charge on any atom is -0.483 e. The van der Waals surface area contributed by atoms with Crippen LogP contribution in [-0.4, -0.2) is 43.0 Å². The van der Waals surface area contributed by atoms with Gasteiger partial charge < -0.3 is 14.1 Å². The van der Waals surface area contributed by atoms with E-state index in [2.05, 4.69) is 50.8 Å². The molecule has 0 spiro atoms. The standard InChI is InChI=1S/C26H32N6O3/c1-3-4-5-10-23(33)32-12-11-19-13-21(26-28-30-31-29-26)22(14-20(19)15-32)35-25(18-8-6-7-9-18)24-17(2)34-16-27-24/h6,8,13-14,16,18,25H,3-5,7,9-12,15H2,1-2H3,(H,28,29,30,31). The van der Waals surface area contributed by atoms with Gasteiger partial charge in [0.15, 0.2) is 12.5 Å². The predicted molar refractivity (Wildman–Crippen MR) is 129 cm³/mol. The summed E-state index contributed by atoms with van der Waals surface area (Å²) in [5.41, 5.74) is 3.86. The van der Waals surface area contributed by atoms with Crippen LogP contribution in [0.3, 0.4) is 0 Å². The lowest BCUT2D eigenvalue weighted by molar-refractivity contribution is -0.132. The van der Waals surface area contributed by atoms with Crippen LogP contribution in [0.1, 0.15) is 74.1 Å². The van der Waals surface area contributed by atoms with E-state index in [9.17, 15) is 4.79 Å². The first-order chi connectivity index (χ1) is 17.1. The molecule has 1 aromatic carbocycles. The number of aromatic nitrogens is 5. The average molecular weight is 477 g/mol. The third-order valence-corrected chi connectivity index (χ3v) is 6.99. The Morgan fingerprint density at radius 1 is 1.31 bits per heavy atom. The number of hydrogen-bond donors (Lipinski definition) is 1. The van der Waals surface area contributed by atoms with E-state index in [0.29, 0.717) is 24.5 Å². The Hall–Kier alpha value is -3.49. The van der Waals surface area contributed by atoms with Gasteiger partial charge in [-0.2, -0.15) is 5.21 Å². The predicted octanol–water partition coefficient (Wildman–Crippen LogP) is 4.71. The van der Waals surface area contributed by atoms with Crippen molar-refractivity contribution in [2.75, 3.05) is 6.54 Å². The Bertz CT molecular complexity index is 1190. The van der Waals surface area contributed by atoms with Crippen molar-refractivity contribution in [3.8, 4) is 17.1 Å². The summed E-state index contributed by atoms with van der Waals surface area (Å²) in [5.74, 6) is 2.31. The van der Waals surface area contributed by atoms with E-state index < -0.39 is 0 Å². The van der Waals surface area contributed by atoms with E-state index in [1.54, 1.807) is 0 Å². The zero-order valence-corrected chi connectivity index (χ0v) is 20.4. The van der Waals surface area contributed by atoms with Crippen LogP contribution >= 0.6 is 0 Å². The number of rotatable bonds is 9. The van der Waals surface area contributed by atoms with E-state index >= 15 is 0 Å². The van der Waals surface area contributed by atoms with Crippen molar-refractivity contribution in [1.82, 2.24) is 30.5 Å². The first-order valence-corrected chi connectivity index (χ1v) is 12.5. The summed E-state index contributed by atoms with van der Waals surface area (Å²) < 4.78 is 12.2. The number of oxazole rings is 1. The molecule has 0 fully saturated rings. The zero-order chi connectivity index (χ0) is 24.2. The number of unbranched alkanes of at least 4 members (excludes halogenated alkanes) is 2. The maximum Gasteiger partial charge on any atom is 0.222 e. The van der Waals surface area contributed by atoms with Crippen molar-refractivity contribution in [1.29, 1.82) is 0 Å². The summed E-state index contributed by atoms with van der Waals surface area (Å²) in [6, 6.07) is 4.14. The molecule has 9 nitrogen and oxygen atoms in total. The molecular weight excluding hydrogens is 444 g/mol. The number of carbonyl (C=O) groups excluding carboxylic acids is 1. The van der Waals surface area contributed by atoms with Gasteiger partial charge in [-0.05, 0) is 61.1 Å². The highest BCUT2D eigenvalue weighted by Crippen LogP contribution is 2.40. The Morgan fingerprint density at radius 2 is 2.23 bits per heavy atom. The number of nitrogens with zero attached hydrogens (tertiary/aromatic N) is 5. The SMILES string of the molecule is CCCCCC(=O)N1CCc2cc(-c3nn[nH]n3)c(OC(c3ncoc3C)C3C=CCC3)cc2C1. The second-order valence-corrected chi connectivity index (χ2v) is 9.38. The molecule has 0 bridgehead atoms. The van der Waals surface area contributed by atoms with Crippen LogP contribution in [0.15, 0.2) is 35.1 Å². The van der Waals surface area contributed by atoms with Gasteiger partial charge in [-0.15, -0.1) is 10.2 Å². The first kappa shape index (κ1) is 23.3. The molecule has 9 heteroatoms. The molecule has 2 aromatic heterocycles. The van der Waals surface area contributed by atoms with Crippen LogP contribution in [0, 0.1) is 12.8 Å². The second kappa shape index (κ2) is 10.4. The molecule has 2 aliphatic rings. The molecule has 0 radical (unpaired) electrons. The lowest BCUT2D eigenvalue weighted by Crippen LogP contribution is -2.35. The van der Waals surface area contributed by atoms with Crippen LogP contribution in [0.25, 0.3) is 11.4 Å². The van der Waals surface area contributed by atoms with Crippen LogP contribution in [-0.2, 0) is 17.8 Å². The van der Waals surface area contributed by atoms with Crippen LogP contribution in [0.5, 0.6) is 5.75 Å². The maximum absolute atomic E-state index is 12.8. The van der Waals surface area contributed by atoms with E-state index in [1.165, 1.54) is 12.0 Å². The van der Waals surface area contributed by atoms with Gasteiger partial charge in [0, 0.05) is 25.4 Å². The number of aryl methyl sites for hydroxylation is 1. The molecule has 3 heterocycles. The normalized spacial score (nSPS) is 18.0. The number of amides is 1. The summed E-state index contributed by atoms with van der Waals surface area (Å²) >= 11 is 0. The summed E-state index contributed by atoms with van der Waals surface area (Å²) in [7, 11) is 0. The zero-order valence-electron chi connectivity index (χ0n) is 20.4. The molecule has 2 atom stereocenters. The molecule has 3 aromatic rings. The quantitative estimate of drug-likeness (QED) is 0.352. The summed E-state index contributed by atoms with van der Waals surface area (Å²) in [6.45, 7) is 5.36. The topological polar surface area (TPSA) is 110 Å². The van der Waals surface area contributed by atoms with Crippen molar-refractivity contribution in [3.05, 3.63) is 53.3 Å². The fourth-order valence-electron chi connectivity index (χ4n) is 5.01. The van der Waals surface area contributed by atoms with Crippen molar-refractivity contribution in [2.45, 2.75) is 71.4 Å². The smallest absolute Gasteiger partial charge is 0.222 e. The molecule has 1 N–H and O–H groups in total. The lowest BCUT2D eigenvalue weighted by Gasteiger charge is -2.31. The van der Waals surface area contributed by atoms with Gasteiger partial charge in [0.25, 0.3) is 0 Å². The fraction of sp³-hybridized carbons (Fsp3) is 0.500. The van der Waals surface area contributed by atoms with Gasteiger partial charge in [0.2, 0.25) is 11.7 Å². The molecule has 1 aliphatic carbocycles. The third kappa shape index (κ3) is 4.99. The lowest BCUT2D eigenvalue weighted by atomic mass is 9.94. The van der Waals surface area contributed by atoms with E-state index in [4.69, 9.17) is 9.15 Å². The molecule has 0 saturated carbocycles. The van der Waals surface area contributed by atoms with E-state index in [-0.39, 0.29) is 17.9 Å². The van der Waals surface area contributed by atoms with Crippen LogP contribution in [0.4, 0.5) is 0 Å². The number of benzene rings is 1. The molecule has 1 amide bonds. The molecule has 184 valence electrons. The van der Waals surface area contributed by atoms with Crippen LogP contribution in [0.2, 0.25) is 0 Å². The van der Waals surface area contributed by atoms with Gasteiger partial charge in [-0.3, -0.25) is 4.79 Å². The molecule has 35 heavy (non-hydrogen) atoms. The van der Waals surface area contributed by atoms with E-state index in [1.807, 2.05) is 17.9 Å². The Labute approximate surface area is 205 Å². The summed E-state index contributed by atoms with van der Waals surface area (Å²) in [5, 5.41) is 14.8. The van der Waals surface area contributed by atoms with Gasteiger partial charge in [0.1, 0.15) is 17.2 Å². The number of hydrogen-bond acceptors (Lipinski definition) is 7. The number of fused-ring (bicyclic) bond motifs is 1. The molecule has 1 aliphatic heterocycles. The Kier molecular flexibility index (Phi) is 6.92. The second-order valence-electron chi connectivity index (χ2n) is 9.38. The van der Waals surface area contributed by atoms with Crippen molar-refractivity contribution < 1.29 is 13.9 Å². The molecular formula is C26H32N6O3. The summed E-state index contributed by atoms with van der Waals surface area (Å²) in [6.07, 6.45) is 12.1. The largest absolute Gasteiger partial charge is 0.483 e. The molecule has 5 rings (SSSR count). The number of aromatic amines is 1. The van der Waals surface area contributed by atoms with Gasteiger partial charge in [0.05, 0.1) is 5.56 Å². The highest BCUT2D eigenvalue weighted by atomic mass is 16.5. The van der Waals surface area contributed by atoms with Gasteiger partial charge >= 0.3 is 0 Å². The monoisotopic (exact) mass is 476 g/mol. The number of tetrazole rings is 1. The minimum absolute atomic E-state index is 0.185.